The van der Waals surface area contributed by atoms with E-state index in [1.165, 1.54) is 0 Å². The summed E-state index contributed by atoms with van der Waals surface area (Å²) in [6, 6.07) is 15.0. The van der Waals surface area contributed by atoms with Gasteiger partial charge in [0.1, 0.15) is 23.1 Å². The van der Waals surface area contributed by atoms with Crippen LogP contribution in [0.5, 0.6) is 11.5 Å². The molecule has 0 spiro atoms. The SMILES string of the molecule is COc1cc(OC2CCc3c(-c4cccc(NC(=O)c5nc6c(n5C)CCN(CC(=O)O)C6)c4Cl)cccc32)c(Cl)cc1CNC1(C(=O)O)CC1. The Bertz CT molecular complexity index is 2060. The lowest BCUT2D eigenvalue weighted by Crippen LogP contribution is -2.38. The van der Waals surface area contributed by atoms with Gasteiger partial charge in [-0.3, -0.25) is 24.6 Å². The van der Waals surface area contributed by atoms with E-state index in [1.54, 1.807) is 41.8 Å². The molecule has 2 aliphatic carbocycles. The van der Waals surface area contributed by atoms with Crippen molar-refractivity contribution in [2.24, 2.45) is 7.05 Å². The zero-order chi connectivity index (χ0) is 36.0. The van der Waals surface area contributed by atoms with E-state index in [2.05, 4.69) is 15.6 Å². The number of ether oxygens (including phenoxy) is 2. The fourth-order valence-corrected chi connectivity index (χ4v) is 7.63. The molecule has 266 valence electrons. The monoisotopic (exact) mass is 733 g/mol. The normalized spacial score (nSPS) is 17.4. The number of hydrogen-bond acceptors (Lipinski definition) is 8. The van der Waals surface area contributed by atoms with Crippen LogP contribution in [0.25, 0.3) is 11.1 Å². The van der Waals surface area contributed by atoms with Gasteiger partial charge in [0.2, 0.25) is 0 Å². The molecule has 14 heteroatoms. The first-order valence-corrected chi connectivity index (χ1v) is 17.5. The first-order chi connectivity index (χ1) is 24.5. The van der Waals surface area contributed by atoms with Gasteiger partial charge in [-0.1, -0.05) is 53.5 Å². The highest BCUT2D eigenvalue weighted by Gasteiger charge is 2.50. The summed E-state index contributed by atoms with van der Waals surface area (Å²) in [6.07, 6.45) is 2.91. The zero-order valence-corrected chi connectivity index (χ0v) is 29.6. The summed E-state index contributed by atoms with van der Waals surface area (Å²) in [4.78, 5) is 42.7. The average Bonchev–Trinajstić information content (AvgIpc) is 3.69. The third kappa shape index (κ3) is 6.76. The quantitative estimate of drug-likeness (QED) is 0.139. The number of anilines is 1. The molecule has 0 bridgehead atoms. The first-order valence-electron chi connectivity index (χ1n) is 16.7. The van der Waals surface area contributed by atoms with Gasteiger partial charge in [0.05, 0.1) is 35.1 Å². The van der Waals surface area contributed by atoms with E-state index >= 15 is 0 Å². The van der Waals surface area contributed by atoms with Crippen molar-refractivity contribution >= 4 is 46.7 Å². The van der Waals surface area contributed by atoms with Crippen molar-refractivity contribution in [1.29, 1.82) is 0 Å². The van der Waals surface area contributed by atoms with Crippen LogP contribution >= 0.6 is 23.2 Å². The van der Waals surface area contributed by atoms with Crippen LogP contribution in [0.15, 0.2) is 48.5 Å². The van der Waals surface area contributed by atoms with E-state index in [0.29, 0.717) is 78.2 Å². The molecule has 1 aliphatic heterocycles. The molecule has 1 fully saturated rings. The van der Waals surface area contributed by atoms with Crippen LogP contribution in [0.3, 0.4) is 0 Å². The van der Waals surface area contributed by atoms with Crippen LogP contribution in [0.4, 0.5) is 5.69 Å². The second kappa shape index (κ2) is 13.8. The number of imidazole rings is 1. The lowest BCUT2D eigenvalue weighted by Gasteiger charge is -2.24. The van der Waals surface area contributed by atoms with Gasteiger partial charge in [-0.25, -0.2) is 4.98 Å². The van der Waals surface area contributed by atoms with E-state index in [4.69, 9.17) is 32.7 Å². The first kappa shape index (κ1) is 34.8. The predicted molar refractivity (Wildman–Crippen MR) is 191 cm³/mol. The van der Waals surface area contributed by atoms with Crippen LogP contribution < -0.4 is 20.1 Å². The van der Waals surface area contributed by atoms with Gasteiger partial charge in [-0.15, -0.1) is 0 Å². The van der Waals surface area contributed by atoms with Crippen molar-refractivity contribution in [2.75, 3.05) is 25.5 Å². The molecule has 7 rings (SSSR count). The van der Waals surface area contributed by atoms with Gasteiger partial charge in [0, 0.05) is 56.0 Å². The molecule has 3 aliphatic rings. The molecule has 4 N–H and O–H groups in total. The number of nitrogens with zero attached hydrogens (tertiary/aromatic N) is 3. The summed E-state index contributed by atoms with van der Waals surface area (Å²) in [5.41, 5.74) is 5.69. The van der Waals surface area contributed by atoms with Crippen molar-refractivity contribution in [2.45, 2.75) is 56.8 Å². The molecular weight excluding hydrogens is 697 g/mol. The molecule has 51 heavy (non-hydrogen) atoms. The summed E-state index contributed by atoms with van der Waals surface area (Å²) >= 11 is 13.7. The number of benzene rings is 3. The van der Waals surface area contributed by atoms with E-state index in [1.807, 2.05) is 30.3 Å². The minimum atomic E-state index is -0.902. The number of amides is 1. The molecule has 1 unspecified atom stereocenters. The Balaban J connectivity index is 1.09. The number of rotatable bonds is 12. The van der Waals surface area contributed by atoms with Gasteiger partial charge >= 0.3 is 11.9 Å². The Labute approximate surface area is 304 Å². The molecule has 1 amide bonds. The number of carbonyl (C=O) groups excluding carboxylic acids is 1. The summed E-state index contributed by atoms with van der Waals surface area (Å²) in [5, 5.41) is 25.6. The van der Waals surface area contributed by atoms with E-state index in [-0.39, 0.29) is 18.5 Å². The van der Waals surface area contributed by atoms with Crippen LogP contribution in [0.1, 0.15) is 64.1 Å². The molecule has 1 atom stereocenters. The second-order valence-electron chi connectivity index (χ2n) is 13.2. The molecule has 3 aromatic carbocycles. The van der Waals surface area contributed by atoms with Crippen LogP contribution in [0.2, 0.25) is 10.0 Å². The highest BCUT2D eigenvalue weighted by atomic mass is 35.5. The number of nitrogens with one attached hydrogen (secondary N) is 2. The molecular formula is C37H37Cl2N5O7. The fourth-order valence-electron chi connectivity index (χ4n) is 7.12. The summed E-state index contributed by atoms with van der Waals surface area (Å²) in [7, 11) is 3.34. The van der Waals surface area contributed by atoms with Crippen molar-refractivity contribution in [3.8, 4) is 22.6 Å². The maximum absolute atomic E-state index is 13.5. The number of methoxy groups -OCH3 is 1. The zero-order valence-electron chi connectivity index (χ0n) is 28.1. The predicted octanol–water partition coefficient (Wildman–Crippen LogP) is 5.87. The Morgan fingerprint density at radius 1 is 1.04 bits per heavy atom. The van der Waals surface area contributed by atoms with Gasteiger partial charge in [-0.2, -0.15) is 0 Å². The fraction of sp³-hybridized carbons (Fsp3) is 0.351. The largest absolute Gasteiger partial charge is 0.496 e. The maximum atomic E-state index is 13.5. The highest BCUT2D eigenvalue weighted by Crippen LogP contribution is 2.45. The van der Waals surface area contributed by atoms with Crippen LogP contribution in [-0.4, -0.2) is 68.2 Å². The van der Waals surface area contributed by atoms with Gasteiger partial charge in [-0.05, 0) is 54.5 Å². The lowest BCUT2D eigenvalue weighted by molar-refractivity contribution is -0.141. The average molecular weight is 735 g/mol. The van der Waals surface area contributed by atoms with E-state index in [9.17, 15) is 24.6 Å². The van der Waals surface area contributed by atoms with Gasteiger partial charge < -0.3 is 29.6 Å². The highest BCUT2D eigenvalue weighted by molar-refractivity contribution is 6.36. The number of aliphatic carboxylic acids is 2. The summed E-state index contributed by atoms with van der Waals surface area (Å²) < 4.78 is 13.9. The van der Waals surface area contributed by atoms with Gasteiger partial charge in [0.25, 0.3) is 5.91 Å². The minimum absolute atomic E-state index is 0.0818. The molecule has 1 aromatic heterocycles. The summed E-state index contributed by atoms with van der Waals surface area (Å²) in [6.45, 7) is 1.15. The Morgan fingerprint density at radius 2 is 1.80 bits per heavy atom. The molecule has 1 saturated carbocycles. The van der Waals surface area contributed by atoms with Crippen molar-refractivity contribution in [1.82, 2.24) is 19.8 Å². The maximum Gasteiger partial charge on any atom is 0.323 e. The summed E-state index contributed by atoms with van der Waals surface area (Å²) in [5.74, 6) is -0.933. The number of aromatic nitrogens is 2. The third-order valence-corrected chi connectivity index (χ3v) is 10.7. The molecule has 4 aromatic rings. The Kier molecular flexibility index (Phi) is 9.44. The van der Waals surface area contributed by atoms with Crippen LogP contribution in [-0.2, 0) is 42.6 Å². The number of carboxylic acids is 2. The van der Waals surface area contributed by atoms with Gasteiger partial charge in [0.15, 0.2) is 5.82 Å². The van der Waals surface area contributed by atoms with E-state index < -0.39 is 23.4 Å². The minimum Gasteiger partial charge on any atom is -0.496 e. The Morgan fingerprint density at radius 3 is 2.53 bits per heavy atom. The number of hydrogen-bond donors (Lipinski definition) is 4. The van der Waals surface area contributed by atoms with Crippen molar-refractivity contribution in [3.05, 3.63) is 92.5 Å². The second-order valence-corrected chi connectivity index (χ2v) is 14.0. The smallest absolute Gasteiger partial charge is 0.323 e. The van der Waals surface area contributed by atoms with Crippen LogP contribution in [0, 0.1) is 0 Å². The van der Waals surface area contributed by atoms with Crippen molar-refractivity contribution < 1.29 is 34.1 Å². The number of fused-ring (bicyclic) bond motifs is 2. The molecule has 0 radical (unpaired) electrons. The molecule has 12 nitrogen and oxygen atoms in total. The van der Waals surface area contributed by atoms with E-state index in [0.717, 1.165) is 39.9 Å². The number of carboxylic acid groups (broad SMARTS) is 2. The molecule has 2 heterocycles. The topological polar surface area (TPSA) is 155 Å². The number of halogens is 2. The lowest BCUT2D eigenvalue weighted by atomic mass is 9.96. The standard InChI is InChI=1S/C37H37Cl2N5O7/c1-43-28-11-14-44(19-32(45)46)18-27(28)41-34(43)35(47)42-26-8-4-7-24(33(26)39)21-5-3-6-23-22(21)9-10-29(23)51-31-16-30(50-2)20(15-25(31)38)17-40-37(12-13-37)36(48)49/h3-8,15-16,29,40H,9-14,17-19H2,1-2H3,(H,42,47)(H,45,46)(H,48,49). The molecule has 0 saturated heterocycles. The Hall–Kier alpha value is -4.62. The number of carbonyl (C=O) groups is 3. The third-order valence-electron chi connectivity index (χ3n) is 10.0. The van der Waals surface area contributed by atoms with Crippen molar-refractivity contribution in [3.63, 3.8) is 0 Å².